The molecule has 7 heteroatoms. The van der Waals surface area contributed by atoms with Gasteiger partial charge in [0.05, 0.1) is 11.2 Å². The topological polar surface area (TPSA) is 46.1 Å². The fourth-order valence-electron chi connectivity index (χ4n) is 3.88. The Morgan fingerprint density at radius 1 is 1.07 bits per heavy atom. The molecule has 30 heavy (non-hydrogen) atoms. The van der Waals surface area contributed by atoms with Gasteiger partial charge in [-0.1, -0.05) is 30.3 Å². The minimum Gasteiger partial charge on any atom is -0.338 e. The second-order valence-electron chi connectivity index (χ2n) is 6.99. The lowest BCUT2D eigenvalue weighted by Crippen LogP contribution is -2.17. The number of fused-ring (bicyclic) bond motifs is 2. The summed E-state index contributed by atoms with van der Waals surface area (Å²) in [4.78, 5) is 22.3. The Hall–Kier alpha value is -2.94. The third-order valence-electron chi connectivity index (χ3n) is 5.26. The quantitative estimate of drug-likeness (QED) is 0.255. The fraction of sp³-hybridized carbons (Fsp3) is 0.0870. The van der Waals surface area contributed by atoms with Crippen molar-refractivity contribution in [2.75, 3.05) is 11.4 Å². The van der Waals surface area contributed by atoms with E-state index >= 15 is 4.39 Å². The van der Waals surface area contributed by atoms with E-state index < -0.39 is 11.6 Å². The maximum atomic E-state index is 15.9. The van der Waals surface area contributed by atoms with Crippen LogP contribution in [0.4, 0.5) is 20.2 Å². The molecule has 3 heterocycles. The second kappa shape index (κ2) is 7.39. The molecule has 0 aliphatic carbocycles. The number of carbonyl (C=O) groups excluding carboxylic acids is 1. The van der Waals surface area contributed by atoms with Crippen molar-refractivity contribution in [3.05, 3.63) is 83.7 Å². The van der Waals surface area contributed by atoms with Crippen molar-refractivity contribution >= 4 is 48.7 Å². The summed E-state index contributed by atoms with van der Waals surface area (Å²) in [6.07, 6.45) is 2.34. The predicted octanol–water partition coefficient (Wildman–Crippen LogP) is 5.84. The van der Waals surface area contributed by atoms with Crippen LogP contribution in [0.5, 0.6) is 0 Å². The largest absolute Gasteiger partial charge is 0.338 e. The van der Waals surface area contributed by atoms with E-state index in [1.807, 2.05) is 17.0 Å². The normalized spacial score (nSPS) is 13.0. The maximum absolute atomic E-state index is 15.9. The molecule has 0 spiro atoms. The smallest absolute Gasteiger partial charge is 0.240 e. The number of hydrogen-bond acceptors (Lipinski definition) is 4. The van der Waals surface area contributed by atoms with Crippen molar-refractivity contribution in [2.24, 2.45) is 0 Å². The molecule has 1 aliphatic rings. The zero-order valence-electron chi connectivity index (χ0n) is 15.6. The van der Waals surface area contributed by atoms with Gasteiger partial charge >= 0.3 is 0 Å². The predicted molar refractivity (Wildman–Crippen MR) is 120 cm³/mol. The molecule has 0 fully saturated rings. The van der Waals surface area contributed by atoms with E-state index in [1.165, 1.54) is 12.1 Å². The van der Waals surface area contributed by atoms with Crippen LogP contribution in [0.25, 0.3) is 22.2 Å². The Labute approximate surface area is 184 Å². The summed E-state index contributed by atoms with van der Waals surface area (Å²) in [7, 11) is 0. The van der Waals surface area contributed by atoms with E-state index in [4.69, 9.17) is 0 Å². The lowest BCUT2D eigenvalue weighted by atomic mass is 10.1. The molecule has 2 aromatic carbocycles. The number of hydrogen-bond donors (Lipinski definition) is 0. The summed E-state index contributed by atoms with van der Waals surface area (Å²) >= 11 is 1.69. The van der Waals surface area contributed by atoms with Crippen LogP contribution >= 0.6 is 22.6 Å². The third-order valence-corrected chi connectivity index (χ3v) is 5.82. The van der Waals surface area contributed by atoms with Crippen molar-refractivity contribution in [2.45, 2.75) is 6.42 Å². The van der Waals surface area contributed by atoms with Crippen LogP contribution in [-0.4, -0.2) is 20.3 Å². The van der Waals surface area contributed by atoms with Gasteiger partial charge in [-0.05, 0) is 36.2 Å². The van der Waals surface area contributed by atoms with Crippen LogP contribution in [0.3, 0.4) is 0 Å². The first kappa shape index (κ1) is 19.0. The zero-order chi connectivity index (χ0) is 20.8. The van der Waals surface area contributed by atoms with Crippen molar-refractivity contribution in [3.63, 3.8) is 0 Å². The third kappa shape index (κ3) is 3.04. The number of pyridine rings is 2. The minimum absolute atomic E-state index is 0.0329. The van der Waals surface area contributed by atoms with E-state index in [9.17, 15) is 9.18 Å². The van der Waals surface area contributed by atoms with Crippen molar-refractivity contribution in [3.8, 4) is 11.3 Å². The van der Waals surface area contributed by atoms with Crippen molar-refractivity contribution in [1.29, 1.82) is 0 Å². The number of nitrogens with zero attached hydrogens (tertiary/aromatic N) is 3. The maximum Gasteiger partial charge on any atom is 0.240 e. The van der Waals surface area contributed by atoms with Crippen LogP contribution in [0, 0.1) is 11.6 Å². The van der Waals surface area contributed by atoms with Crippen LogP contribution in [0.1, 0.15) is 16.1 Å². The first-order valence-electron chi connectivity index (χ1n) is 9.34. The van der Waals surface area contributed by atoms with Gasteiger partial charge in [-0.2, -0.15) is 0 Å². The first-order valence-corrected chi connectivity index (χ1v) is 10.4. The van der Waals surface area contributed by atoms with Gasteiger partial charge in [0.25, 0.3) is 0 Å². The summed E-state index contributed by atoms with van der Waals surface area (Å²) in [5.41, 5.74) is 2.96. The summed E-state index contributed by atoms with van der Waals surface area (Å²) in [6.45, 7) is 0.525. The molecule has 0 bridgehead atoms. The summed E-state index contributed by atoms with van der Waals surface area (Å²) < 4.78 is 30.2. The summed E-state index contributed by atoms with van der Waals surface area (Å²) in [5.74, 6) is -1.13. The van der Waals surface area contributed by atoms with E-state index in [0.29, 0.717) is 35.2 Å². The van der Waals surface area contributed by atoms with Crippen molar-refractivity contribution < 1.29 is 13.6 Å². The summed E-state index contributed by atoms with van der Waals surface area (Å²) in [6, 6.07) is 14.9. The lowest BCUT2D eigenvalue weighted by molar-refractivity contribution is 0.110. The lowest BCUT2D eigenvalue weighted by Gasteiger charge is -2.23. The van der Waals surface area contributed by atoms with Crippen LogP contribution in [0.2, 0.25) is 0 Å². The van der Waals surface area contributed by atoms with Gasteiger partial charge in [0.2, 0.25) is 3.79 Å². The van der Waals surface area contributed by atoms with Gasteiger partial charge in [-0.3, -0.25) is 9.78 Å². The van der Waals surface area contributed by atoms with Gasteiger partial charge in [0, 0.05) is 52.0 Å². The second-order valence-corrected chi connectivity index (χ2v) is 7.97. The first-order chi connectivity index (χ1) is 14.5. The highest BCUT2D eigenvalue weighted by Crippen LogP contribution is 2.42. The molecule has 0 radical (unpaired) electrons. The van der Waals surface area contributed by atoms with E-state index in [0.717, 1.165) is 11.3 Å². The summed E-state index contributed by atoms with van der Waals surface area (Å²) in [5, 5.41) is 0.627. The van der Waals surface area contributed by atoms with E-state index in [-0.39, 0.29) is 15.0 Å². The number of rotatable bonds is 3. The molecule has 5 rings (SSSR count). The SMILES string of the molecule is O=C(I)c1cc2c(cn1)CCN2c1c(F)c(-c2ccccc2F)nc2ccccc12. The van der Waals surface area contributed by atoms with Crippen LogP contribution in [0.15, 0.2) is 60.8 Å². The standard InChI is InChI=1S/C23H14F2IN3O/c24-16-7-3-1-5-14(16)21-20(25)22(15-6-2-4-8-17(15)28-21)29-10-9-13-12-27-18(23(26)30)11-19(13)29/h1-8,11-12H,9-10H2. The molecule has 0 unspecified atom stereocenters. The van der Waals surface area contributed by atoms with Crippen LogP contribution < -0.4 is 4.90 Å². The monoisotopic (exact) mass is 513 g/mol. The number of halogens is 3. The molecular formula is C23H14F2IN3O. The number of para-hydroxylation sites is 1. The fourth-order valence-corrected chi connectivity index (χ4v) is 4.17. The van der Waals surface area contributed by atoms with E-state index in [2.05, 4.69) is 9.97 Å². The van der Waals surface area contributed by atoms with Gasteiger partial charge < -0.3 is 4.90 Å². The van der Waals surface area contributed by atoms with Gasteiger partial charge in [-0.25, -0.2) is 13.8 Å². The average Bonchev–Trinajstić information content (AvgIpc) is 3.17. The minimum atomic E-state index is -0.592. The number of carbonyl (C=O) groups is 1. The Morgan fingerprint density at radius 3 is 2.63 bits per heavy atom. The number of benzene rings is 2. The Balaban J connectivity index is 1.79. The Bertz CT molecular complexity index is 1330. The molecule has 0 saturated heterocycles. The number of anilines is 2. The van der Waals surface area contributed by atoms with Gasteiger partial charge in [-0.15, -0.1) is 0 Å². The highest BCUT2D eigenvalue weighted by Gasteiger charge is 2.29. The number of aromatic nitrogens is 2. The molecular weight excluding hydrogens is 499 g/mol. The van der Waals surface area contributed by atoms with Gasteiger partial charge in [0.15, 0.2) is 5.82 Å². The highest BCUT2D eigenvalue weighted by atomic mass is 127. The molecule has 4 aromatic rings. The Kier molecular flexibility index (Phi) is 4.69. The zero-order valence-corrected chi connectivity index (χ0v) is 17.7. The Morgan fingerprint density at radius 2 is 1.83 bits per heavy atom. The highest BCUT2D eigenvalue weighted by molar-refractivity contribution is 14.1. The van der Waals surface area contributed by atoms with E-state index in [1.54, 1.807) is 59.1 Å². The molecule has 0 amide bonds. The molecule has 148 valence electrons. The molecule has 2 aromatic heterocycles. The molecule has 0 saturated carbocycles. The van der Waals surface area contributed by atoms with Crippen LogP contribution in [-0.2, 0) is 6.42 Å². The molecule has 0 N–H and O–H groups in total. The molecule has 0 atom stereocenters. The molecule has 4 nitrogen and oxygen atoms in total. The average molecular weight is 513 g/mol. The van der Waals surface area contributed by atoms with Gasteiger partial charge in [0.1, 0.15) is 17.2 Å². The molecule has 1 aliphatic heterocycles. The van der Waals surface area contributed by atoms with Crippen molar-refractivity contribution in [1.82, 2.24) is 9.97 Å².